The zero-order chi connectivity index (χ0) is 14.4. The summed E-state index contributed by atoms with van der Waals surface area (Å²) in [7, 11) is 1.60. The molecule has 0 saturated heterocycles. The van der Waals surface area contributed by atoms with Crippen molar-refractivity contribution in [2.45, 2.75) is 6.42 Å². The summed E-state index contributed by atoms with van der Waals surface area (Å²) in [6.45, 7) is 0.424. The van der Waals surface area contributed by atoms with Crippen LogP contribution in [0.5, 0.6) is 5.75 Å². The van der Waals surface area contributed by atoms with Gasteiger partial charge in [-0.2, -0.15) is 0 Å². The molecule has 1 aromatic carbocycles. The van der Waals surface area contributed by atoms with Crippen LogP contribution in [0.4, 0.5) is 4.39 Å². The fourth-order valence-corrected chi connectivity index (χ4v) is 1.80. The lowest BCUT2D eigenvalue weighted by Crippen LogP contribution is -2.26. The molecule has 2 aromatic rings. The maximum absolute atomic E-state index is 13.3. The normalized spacial score (nSPS) is 10.1. The number of aromatic nitrogens is 1. The van der Waals surface area contributed by atoms with Gasteiger partial charge in [-0.1, -0.05) is 12.1 Å². The fraction of sp³-hybridized carbons (Fsp3) is 0.200. The van der Waals surface area contributed by atoms with Crippen molar-refractivity contribution in [3.8, 4) is 5.75 Å². The Morgan fingerprint density at radius 3 is 3.00 bits per heavy atom. The van der Waals surface area contributed by atoms with Gasteiger partial charge in [0.15, 0.2) is 5.82 Å². The third kappa shape index (κ3) is 3.54. The van der Waals surface area contributed by atoms with Crippen LogP contribution in [-0.4, -0.2) is 24.5 Å². The SMILES string of the molecule is COc1cccc(CCNC(=O)c2ccncc2F)c1. The second kappa shape index (κ2) is 6.65. The average Bonchev–Trinajstić information content (AvgIpc) is 2.48. The van der Waals surface area contributed by atoms with E-state index in [1.165, 1.54) is 12.3 Å². The molecule has 0 aliphatic carbocycles. The zero-order valence-corrected chi connectivity index (χ0v) is 11.1. The number of benzene rings is 1. The smallest absolute Gasteiger partial charge is 0.254 e. The van der Waals surface area contributed by atoms with Gasteiger partial charge in [0, 0.05) is 12.7 Å². The first-order valence-electron chi connectivity index (χ1n) is 6.21. The molecule has 5 heteroatoms. The Morgan fingerprint density at radius 1 is 1.40 bits per heavy atom. The van der Waals surface area contributed by atoms with E-state index in [-0.39, 0.29) is 5.56 Å². The molecule has 20 heavy (non-hydrogen) atoms. The lowest BCUT2D eigenvalue weighted by Gasteiger charge is -2.07. The molecule has 0 atom stereocenters. The van der Waals surface area contributed by atoms with Crippen molar-refractivity contribution in [1.82, 2.24) is 10.3 Å². The fourth-order valence-electron chi connectivity index (χ4n) is 1.80. The third-order valence-corrected chi connectivity index (χ3v) is 2.85. The first kappa shape index (κ1) is 14.0. The lowest BCUT2D eigenvalue weighted by molar-refractivity contribution is 0.0950. The predicted octanol–water partition coefficient (Wildman–Crippen LogP) is 2.20. The molecule has 104 valence electrons. The van der Waals surface area contributed by atoms with Crippen LogP contribution in [0.15, 0.2) is 42.7 Å². The van der Waals surface area contributed by atoms with Crippen LogP contribution in [0.1, 0.15) is 15.9 Å². The number of carbonyl (C=O) groups excluding carboxylic acids is 1. The Bertz CT molecular complexity index is 602. The summed E-state index contributed by atoms with van der Waals surface area (Å²) in [5.41, 5.74) is 1.05. The maximum Gasteiger partial charge on any atom is 0.254 e. The Balaban J connectivity index is 1.89. The van der Waals surface area contributed by atoms with Crippen LogP contribution >= 0.6 is 0 Å². The minimum Gasteiger partial charge on any atom is -0.497 e. The summed E-state index contributed by atoms with van der Waals surface area (Å²) >= 11 is 0. The van der Waals surface area contributed by atoms with Gasteiger partial charge in [0.2, 0.25) is 0 Å². The van der Waals surface area contributed by atoms with Crippen molar-refractivity contribution < 1.29 is 13.9 Å². The molecule has 2 rings (SSSR count). The van der Waals surface area contributed by atoms with Crippen molar-refractivity contribution in [3.63, 3.8) is 0 Å². The van der Waals surface area contributed by atoms with Crippen molar-refractivity contribution in [3.05, 3.63) is 59.7 Å². The number of carbonyl (C=O) groups is 1. The highest BCUT2D eigenvalue weighted by Crippen LogP contribution is 2.12. The van der Waals surface area contributed by atoms with Crippen molar-refractivity contribution in [2.24, 2.45) is 0 Å². The summed E-state index contributed by atoms with van der Waals surface area (Å²) < 4.78 is 18.5. The number of hydrogen-bond acceptors (Lipinski definition) is 3. The van der Waals surface area contributed by atoms with E-state index in [1.807, 2.05) is 24.3 Å². The number of ether oxygens (including phenoxy) is 1. The molecule has 1 aromatic heterocycles. The van der Waals surface area contributed by atoms with E-state index in [4.69, 9.17) is 4.74 Å². The minimum absolute atomic E-state index is 0.00522. The summed E-state index contributed by atoms with van der Waals surface area (Å²) in [5, 5.41) is 2.68. The van der Waals surface area contributed by atoms with Gasteiger partial charge in [0.25, 0.3) is 5.91 Å². The number of halogens is 1. The van der Waals surface area contributed by atoms with E-state index in [9.17, 15) is 9.18 Å². The molecule has 0 saturated carbocycles. The molecule has 0 aliphatic heterocycles. The van der Waals surface area contributed by atoms with Crippen molar-refractivity contribution >= 4 is 5.91 Å². The highest BCUT2D eigenvalue weighted by Gasteiger charge is 2.10. The topological polar surface area (TPSA) is 51.2 Å². The van der Waals surface area contributed by atoms with Crippen molar-refractivity contribution in [2.75, 3.05) is 13.7 Å². The highest BCUT2D eigenvalue weighted by molar-refractivity contribution is 5.94. The molecule has 0 bridgehead atoms. The molecule has 0 unspecified atom stereocenters. The second-order valence-electron chi connectivity index (χ2n) is 4.21. The van der Waals surface area contributed by atoms with Crippen LogP contribution in [0, 0.1) is 5.82 Å². The summed E-state index contributed by atoms with van der Waals surface area (Å²) in [5.74, 6) is -0.284. The van der Waals surface area contributed by atoms with Crippen molar-refractivity contribution in [1.29, 1.82) is 0 Å². The van der Waals surface area contributed by atoms with Gasteiger partial charge >= 0.3 is 0 Å². The number of pyridine rings is 1. The van der Waals surface area contributed by atoms with E-state index in [0.29, 0.717) is 13.0 Å². The second-order valence-corrected chi connectivity index (χ2v) is 4.21. The van der Waals surface area contributed by atoms with Gasteiger partial charge in [-0.05, 0) is 30.2 Å². The number of hydrogen-bond donors (Lipinski definition) is 1. The Morgan fingerprint density at radius 2 is 2.25 bits per heavy atom. The average molecular weight is 274 g/mol. The third-order valence-electron chi connectivity index (χ3n) is 2.85. The number of nitrogens with zero attached hydrogens (tertiary/aromatic N) is 1. The molecule has 0 aliphatic rings. The van der Waals surface area contributed by atoms with Gasteiger partial charge in [-0.3, -0.25) is 9.78 Å². The molecular weight excluding hydrogens is 259 g/mol. The molecular formula is C15H15FN2O2. The van der Waals surface area contributed by atoms with Gasteiger partial charge < -0.3 is 10.1 Å². The van der Waals surface area contributed by atoms with Crippen LogP contribution in [-0.2, 0) is 6.42 Å². The zero-order valence-electron chi connectivity index (χ0n) is 11.1. The summed E-state index contributed by atoms with van der Waals surface area (Å²) in [4.78, 5) is 15.4. The molecule has 1 N–H and O–H groups in total. The van der Waals surface area contributed by atoms with Crippen LogP contribution in [0.25, 0.3) is 0 Å². The standard InChI is InChI=1S/C15H15FN2O2/c1-20-12-4-2-3-11(9-12)5-8-18-15(19)13-6-7-17-10-14(13)16/h2-4,6-7,9-10H,5,8H2,1H3,(H,18,19). The number of rotatable bonds is 5. The number of amides is 1. The lowest BCUT2D eigenvalue weighted by atomic mass is 10.1. The van der Waals surface area contributed by atoms with Gasteiger partial charge in [0.1, 0.15) is 5.75 Å². The molecule has 0 radical (unpaired) electrons. The monoisotopic (exact) mass is 274 g/mol. The van der Waals surface area contributed by atoms with E-state index >= 15 is 0 Å². The van der Waals surface area contributed by atoms with Crippen LogP contribution in [0.2, 0.25) is 0 Å². The van der Waals surface area contributed by atoms with E-state index in [0.717, 1.165) is 17.5 Å². The van der Waals surface area contributed by atoms with E-state index < -0.39 is 11.7 Å². The van der Waals surface area contributed by atoms with Gasteiger partial charge in [-0.25, -0.2) is 4.39 Å². The van der Waals surface area contributed by atoms with E-state index in [2.05, 4.69) is 10.3 Å². The van der Waals surface area contributed by atoms with Crippen LogP contribution in [0.3, 0.4) is 0 Å². The van der Waals surface area contributed by atoms with Gasteiger partial charge in [0.05, 0.1) is 18.9 Å². The molecule has 0 spiro atoms. The number of nitrogens with one attached hydrogen (secondary N) is 1. The largest absolute Gasteiger partial charge is 0.497 e. The quantitative estimate of drug-likeness (QED) is 0.909. The molecule has 0 fully saturated rings. The molecule has 1 amide bonds. The summed E-state index contributed by atoms with van der Waals surface area (Å²) in [6, 6.07) is 8.95. The first-order valence-corrected chi connectivity index (χ1v) is 6.21. The predicted molar refractivity (Wildman–Crippen MR) is 73.2 cm³/mol. The highest BCUT2D eigenvalue weighted by atomic mass is 19.1. The minimum atomic E-state index is -0.619. The summed E-state index contributed by atoms with van der Waals surface area (Å²) in [6.07, 6.45) is 3.06. The molecule has 1 heterocycles. The number of methoxy groups -OCH3 is 1. The Kier molecular flexibility index (Phi) is 4.65. The van der Waals surface area contributed by atoms with E-state index in [1.54, 1.807) is 7.11 Å². The molecule has 4 nitrogen and oxygen atoms in total. The first-order chi connectivity index (χ1) is 9.70. The van der Waals surface area contributed by atoms with Gasteiger partial charge in [-0.15, -0.1) is 0 Å². The Hall–Kier alpha value is -2.43. The Labute approximate surface area is 116 Å². The maximum atomic E-state index is 13.3. The van der Waals surface area contributed by atoms with Crippen LogP contribution < -0.4 is 10.1 Å².